The smallest absolute Gasteiger partial charge is 0.323 e. The number of anilines is 1. The van der Waals surface area contributed by atoms with Gasteiger partial charge >= 0.3 is 12.0 Å². The van der Waals surface area contributed by atoms with Crippen molar-refractivity contribution in [3.05, 3.63) is 5.51 Å². The van der Waals surface area contributed by atoms with Gasteiger partial charge in [0.2, 0.25) is 5.13 Å². The van der Waals surface area contributed by atoms with Gasteiger partial charge in [-0.05, 0) is 19.3 Å². The number of urea groups is 1. The van der Waals surface area contributed by atoms with E-state index in [0.29, 0.717) is 30.9 Å². The number of nitrogens with one attached hydrogen (secondary N) is 1. The lowest BCUT2D eigenvalue weighted by molar-refractivity contribution is -0.152. The van der Waals surface area contributed by atoms with Crippen molar-refractivity contribution in [1.29, 1.82) is 0 Å². The third-order valence-electron chi connectivity index (χ3n) is 3.57. The lowest BCUT2D eigenvalue weighted by Crippen LogP contribution is -2.50. The Labute approximate surface area is 114 Å². The van der Waals surface area contributed by atoms with Crippen LogP contribution in [0.4, 0.5) is 9.93 Å². The number of piperidine rings is 1. The summed E-state index contributed by atoms with van der Waals surface area (Å²) in [7, 11) is 0. The number of hydrogen-bond donors (Lipinski definition) is 2. The summed E-state index contributed by atoms with van der Waals surface area (Å²) in [5.74, 6) is -0.830. The fraction of sp³-hybridized carbons (Fsp3) is 0.636. The summed E-state index contributed by atoms with van der Waals surface area (Å²) in [6, 6.07) is -0.310. The largest absolute Gasteiger partial charge is 0.481 e. The van der Waals surface area contributed by atoms with Gasteiger partial charge in [-0.15, -0.1) is 10.2 Å². The zero-order valence-corrected chi connectivity index (χ0v) is 11.4. The van der Waals surface area contributed by atoms with Gasteiger partial charge in [0.15, 0.2) is 0 Å². The number of likely N-dealkylation sites (tertiary alicyclic amines) is 1. The zero-order chi connectivity index (χ0) is 13.9. The summed E-state index contributed by atoms with van der Waals surface area (Å²) in [5, 5.41) is 19.8. The van der Waals surface area contributed by atoms with E-state index in [-0.39, 0.29) is 12.6 Å². The second-order valence-corrected chi connectivity index (χ2v) is 5.47. The summed E-state index contributed by atoms with van der Waals surface area (Å²) in [6.45, 7) is 2.66. The SMILES string of the molecule is CCC1(C(=O)O)CCCN(C(=O)Nc2nncs2)C1. The third-order valence-corrected chi connectivity index (χ3v) is 4.18. The van der Waals surface area contributed by atoms with Crippen molar-refractivity contribution in [2.45, 2.75) is 26.2 Å². The maximum atomic E-state index is 12.1. The lowest BCUT2D eigenvalue weighted by atomic mass is 9.78. The number of carboxylic acid groups (broad SMARTS) is 1. The molecule has 1 aromatic rings. The molecule has 1 unspecified atom stereocenters. The third kappa shape index (κ3) is 2.83. The van der Waals surface area contributed by atoms with Crippen molar-refractivity contribution in [3.8, 4) is 0 Å². The lowest BCUT2D eigenvalue weighted by Gasteiger charge is -2.39. The highest BCUT2D eigenvalue weighted by atomic mass is 32.1. The Bertz CT molecular complexity index is 465. The summed E-state index contributed by atoms with van der Waals surface area (Å²) in [4.78, 5) is 25.0. The van der Waals surface area contributed by atoms with Crippen LogP contribution in [0.25, 0.3) is 0 Å². The minimum atomic E-state index is -0.830. The number of aliphatic carboxylic acids is 1. The molecule has 0 bridgehead atoms. The highest BCUT2D eigenvalue weighted by molar-refractivity contribution is 7.13. The molecule has 0 aromatic carbocycles. The molecule has 1 aliphatic heterocycles. The number of nitrogens with zero attached hydrogens (tertiary/aromatic N) is 3. The Balaban J connectivity index is 2.04. The number of carbonyl (C=O) groups is 2. The van der Waals surface area contributed by atoms with E-state index in [1.165, 1.54) is 16.8 Å². The van der Waals surface area contributed by atoms with Gasteiger partial charge in [0, 0.05) is 13.1 Å². The van der Waals surface area contributed by atoms with Gasteiger partial charge in [-0.3, -0.25) is 10.1 Å². The molecular weight excluding hydrogens is 268 g/mol. The second kappa shape index (κ2) is 5.52. The minimum absolute atomic E-state index is 0.240. The van der Waals surface area contributed by atoms with Crippen LogP contribution in [-0.4, -0.2) is 45.3 Å². The Morgan fingerprint density at radius 3 is 3.00 bits per heavy atom. The van der Waals surface area contributed by atoms with Crippen molar-refractivity contribution in [3.63, 3.8) is 0 Å². The van der Waals surface area contributed by atoms with E-state index in [9.17, 15) is 14.7 Å². The Morgan fingerprint density at radius 2 is 2.42 bits per heavy atom. The molecule has 0 saturated carbocycles. The Kier molecular flexibility index (Phi) is 3.98. The standard InChI is InChI=1S/C11H16N4O3S/c1-2-11(8(16)17)4-3-5-15(6-11)10(18)13-9-14-12-7-19-9/h7H,2-6H2,1H3,(H,16,17)(H,13,14,18). The first-order valence-electron chi connectivity index (χ1n) is 6.13. The monoisotopic (exact) mass is 284 g/mol. The summed E-state index contributed by atoms with van der Waals surface area (Å²) >= 11 is 1.23. The van der Waals surface area contributed by atoms with Crippen molar-refractivity contribution < 1.29 is 14.7 Å². The summed E-state index contributed by atoms with van der Waals surface area (Å²) in [5.41, 5.74) is 0.704. The molecule has 0 spiro atoms. The van der Waals surface area contributed by atoms with Gasteiger partial charge in [0.05, 0.1) is 5.41 Å². The van der Waals surface area contributed by atoms with Gasteiger partial charge in [0.1, 0.15) is 5.51 Å². The van der Waals surface area contributed by atoms with E-state index in [1.807, 2.05) is 6.92 Å². The van der Waals surface area contributed by atoms with Crippen LogP contribution in [0.5, 0.6) is 0 Å². The molecule has 8 heteroatoms. The molecular formula is C11H16N4O3S. The molecule has 1 aromatic heterocycles. The van der Waals surface area contributed by atoms with Crippen LogP contribution in [0.1, 0.15) is 26.2 Å². The van der Waals surface area contributed by atoms with E-state index in [1.54, 1.807) is 4.90 Å². The van der Waals surface area contributed by atoms with Crippen molar-refractivity contribution in [2.24, 2.45) is 5.41 Å². The number of amides is 2. The van der Waals surface area contributed by atoms with Crippen molar-refractivity contribution in [1.82, 2.24) is 15.1 Å². The number of carbonyl (C=O) groups excluding carboxylic acids is 1. The first-order valence-corrected chi connectivity index (χ1v) is 7.01. The van der Waals surface area contributed by atoms with E-state index < -0.39 is 11.4 Å². The van der Waals surface area contributed by atoms with E-state index >= 15 is 0 Å². The molecule has 7 nitrogen and oxygen atoms in total. The maximum absolute atomic E-state index is 12.1. The quantitative estimate of drug-likeness (QED) is 0.879. The molecule has 0 aliphatic carbocycles. The summed E-state index contributed by atoms with van der Waals surface area (Å²) in [6.07, 6.45) is 1.83. The normalized spacial score (nSPS) is 23.1. The van der Waals surface area contributed by atoms with Crippen LogP contribution in [0.2, 0.25) is 0 Å². The van der Waals surface area contributed by atoms with Crippen molar-refractivity contribution in [2.75, 3.05) is 18.4 Å². The Hall–Kier alpha value is -1.70. The second-order valence-electron chi connectivity index (χ2n) is 4.64. The van der Waals surface area contributed by atoms with Crippen LogP contribution in [0.15, 0.2) is 5.51 Å². The predicted octanol–water partition coefficient (Wildman–Crippen LogP) is 1.65. The van der Waals surface area contributed by atoms with Gasteiger partial charge in [-0.25, -0.2) is 4.79 Å². The Morgan fingerprint density at radius 1 is 1.63 bits per heavy atom. The fourth-order valence-electron chi connectivity index (χ4n) is 2.32. The number of carboxylic acids is 1. The van der Waals surface area contributed by atoms with Crippen LogP contribution >= 0.6 is 11.3 Å². The molecule has 19 heavy (non-hydrogen) atoms. The number of aromatic nitrogens is 2. The maximum Gasteiger partial charge on any atom is 0.323 e. The predicted molar refractivity (Wildman–Crippen MR) is 70.1 cm³/mol. The zero-order valence-electron chi connectivity index (χ0n) is 10.6. The van der Waals surface area contributed by atoms with Crippen LogP contribution in [0, 0.1) is 5.41 Å². The number of hydrogen-bond acceptors (Lipinski definition) is 5. The van der Waals surface area contributed by atoms with Gasteiger partial charge < -0.3 is 10.0 Å². The number of rotatable bonds is 3. The highest BCUT2D eigenvalue weighted by Gasteiger charge is 2.42. The van der Waals surface area contributed by atoms with E-state index in [4.69, 9.17) is 0 Å². The minimum Gasteiger partial charge on any atom is -0.481 e. The van der Waals surface area contributed by atoms with Crippen LogP contribution in [0.3, 0.4) is 0 Å². The van der Waals surface area contributed by atoms with Gasteiger partial charge in [0.25, 0.3) is 0 Å². The van der Waals surface area contributed by atoms with Gasteiger partial charge in [-0.2, -0.15) is 0 Å². The average molecular weight is 284 g/mol. The first kappa shape index (κ1) is 13.7. The topological polar surface area (TPSA) is 95.4 Å². The molecule has 2 N–H and O–H groups in total. The molecule has 1 fully saturated rings. The molecule has 1 atom stereocenters. The molecule has 2 amide bonds. The van der Waals surface area contributed by atoms with Crippen LogP contribution < -0.4 is 5.32 Å². The molecule has 1 aliphatic rings. The molecule has 2 heterocycles. The summed E-state index contributed by atoms with van der Waals surface area (Å²) < 4.78 is 0. The van der Waals surface area contributed by atoms with E-state index in [2.05, 4.69) is 15.5 Å². The molecule has 2 rings (SSSR count). The fourth-order valence-corrected chi connectivity index (χ4v) is 2.75. The van der Waals surface area contributed by atoms with Crippen LogP contribution in [-0.2, 0) is 4.79 Å². The molecule has 104 valence electrons. The highest BCUT2D eigenvalue weighted by Crippen LogP contribution is 2.33. The molecule has 0 radical (unpaired) electrons. The van der Waals surface area contributed by atoms with Gasteiger partial charge in [-0.1, -0.05) is 18.3 Å². The van der Waals surface area contributed by atoms with Crippen molar-refractivity contribution >= 4 is 28.5 Å². The average Bonchev–Trinajstić information content (AvgIpc) is 2.91. The first-order chi connectivity index (χ1) is 9.07. The van der Waals surface area contributed by atoms with E-state index in [0.717, 1.165) is 0 Å². The molecule has 1 saturated heterocycles.